The first-order chi connectivity index (χ1) is 14.5. The second kappa shape index (κ2) is 7.16. The van der Waals surface area contributed by atoms with Crippen molar-refractivity contribution in [1.29, 1.82) is 0 Å². The van der Waals surface area contributed by atoms with E-state index in [1.807, 2.05) is 37.2 Å². The molecule has 1 aliphatic heterocycles. The zero-order chi connectivity index (χ0) is 20.9. The molecule has 1 amide bonds. The topological polar surface area (TPSA) is 63.1 Å². The first-order valence-electron chi connectivity index (χ1n) is 10.5. The third kappa shape index (κ3) is 2.99. The van der Waals surface area contributed by atoms with Gasteiger partial charge in [-0.15, -0.1) is 0 Å². The van der Waals surface area contributed by atoms with Crippen molar-refractivity contribution >= 4 is 22.5 Å². The van der Waals surface area contributed by atoms with Crippen LogP contribution in [0.4, 0.5) is 10.2 Å². The molecule has 30 heavy (non-hydrogen) atoms. The first-order valence-corrected chi connectivity index (χ1v) is 10.5. The minimum absolute atomic E-state index is 0.0423. The van der Waals surface area contributed by atoms with E-state index in [1.54, 1.807) is 6.20 Å². The zero-order valence-corrected chi connectivity index (χ0v) is 17.4. The number of nitrogens with one attached hydrogen (secondary N) is 1. The lowest BCUT2D eigenvalue weighted by Gasteiger charge is -2.61. The van der Waals surface area contributed by atoms with Crippen LogP contribution in [0.1, 0.15) is 25.1 Å². The van der Waals surface area contributed by atoms with Crippen molar-refractivity contribution in [3.8, 4) is 11.3 Å². The maximum atomic E-state index is 13.0. The van der Waals surface area contributed by atoms with Crippen LogP contribution in [0.15, 0.2) is 36.7 Å². The van der Waals surface area contributed by atoms with E-state index in [2.05, 4.69) is 32.0 Å². The second-order valence-corrected chi connectivity index (χ2v) is 8.65. The Balaban J connectivity index is 1.40. The van der Waals surface area contributed by atoms with Gasteiger partial charge in [-0.25, -0.2) is 14.4 Å². The molecule has 1 saturated heterocycles. The number of amides is 1. The molecule has 1 N–H and O–H groups in total. The maximum absolute atomic E-state index is 13.0. The van der Waals surface area contributed by atoms with Crippen LogP contribution in [0, 0.1) is 12.3 Å². The molecule has 1 spiro atoms. The Morgan fingerprint density at radius 2 is 2.07 bits per heavy atom. The number of anilines is 1. The fourth-order valence-corrected chi connectivity index (χ4v) is 5.01. The van der Waals surface area contributed by atoms with E-state index in [0.717, 1.165) is 53.7 Å². The number of carbonyl (C=O) groups excluding carboxylic acids is 1. The summed E-state index contributed by atoms with van der Waals surface area (Å²) in [6.07, 6.45) is 6.90. The van der Waals surface area contributed by atoms with Gasteiger partial charge in [0, 0.05) is 42.7 Å². The molecule has 6 nitrogen and oxygen atoms in total. The van der Waals surface area contributed by atoms with Crippen molar-refractivity contribution in [2.24, 2.45) is 12.5 Å². The Labute approximate surface area is 175 Å². The smallest absolute Gasteiger partial charge is 0.243 e. The molecule has 2 aromatic heterocycles. The highest BCUT2D eigenvalue weighted by atomic mass is 19.1. The van der Waals surface area contributed by atoms with Crippen molar-refractivity contribution in [1.82, 2.24) is 19.4 Å². The summed E-state index contributed by atoms with van der Waals surface area (Å²) >= 11 is 0. The summed E-state index contributed by atoms with van der Waals surface area (Å²) in [4.78, 5) is 23.8. The minimum atomic E-state index is -0.426. The van der Waals surface area contributed by atoms with Gasteiger partial charge >= 0.3 is 0 Å². The molecule has 7 heteroatoms. The van der Waals surface area contributed by atoms with E-state index < -0.39 is 6.67 Å². The Morgan fingerprint density at radius 3 is 2.73 bits per heavy atom. The van der Waals surface area contributed by atoms with Crippen LogP contribution in [0.5, 0.6) is 0 Å². The summed E-state index contributed by atoms with van der Waals surface area (Å²) in [7, 11) is 2.00. The van der Waals surface area contributed by atoms with Gasteiger partial charge in [0.15, 0.2) is 0 Å². The normalized spacial score (nSPS) is 20.2. The fourth-order valence-electron chi connectivity index (χ4n) is 5.01. The lowest BCUT2D eigenvalue weighted by molar-refractivity contribution is -0.156. The summed E-state index contributed by atoms with van der Waals surface area (Å²) in [6.45, 7) is 2.69. The predicted molar refractivity (Wildman–Crippen MR) is 115 cm³/mol. The van der Waals surface area contributed by atoms with E-state index in [4.69, 9.17) is 0 Å². The van der Waals surface area contributed by atoms with E-state index in [0.29, 0.717) is 12.4 Å². The highest BCUT2D eigenvalue weighted by Crippen LogP contribution is 2.53. The van der Waals surface area contributed by atoms with Crippen molar-refractivity contribution in [3.05, 3.63) is 42.5 Å². The number of aromatic nitrogens is 3. The number of carbonyl (C=O) groups is 1. The first kappa shape index (κ1) is 19.2. The van der Waals surface area contributed by atoms with Crippen molar-refractivity contribution in [2.45, 2.75) is 32.2 Å². The van der Waals surface area contributed by atoms with Gasteiger partial charge in [-0.3, -0.25) is 9.69 Å². The van der Waals surface area contributed by atoms with Crippen LogP contribution < -0.4 is 5.32 Å². The number of fused-ring (bicyclic) bond motifs is 1. The molecule has 2 fully saturated rings. The average molecular weight is 407 g/mol. The number of pyridine rings is 1. The molecule has 156 valence electrons. The number of nitrogens with zero attached hydrogens (tertiary/aromatic N) is 4. The van der Waals surface area contributed by atoms with Crippen LogP contribution in [-0.4, -0.2) is 51.1 Å². The summed E-state index contributed by atoms with van der Waals surface area (Å²) in [5.41, 5.74) is 2.15. The number of halogens is 1. The van der Waals surface area contributed by atoms with Gasteiger partial charge in [0.25, 0.3) is 0 Å². The highest BCUT2D eigenvalue weighted by molar-refractivity contribution is 5.97. The molecular weight excluding hydrogens is 381 g/mol. The van der Waals surface area contributed by atoms with Crippen molar-refractivity contribution in [3.63, 3.8) is 0 Å². The number of hydrogen-bond acceptors (Lipinski definition) is 4. The number of imidazole rings is 1. The monoisotopic (exact) mass is 407 g/mol. The standard InChI is InChI=1S/C23H26FN5O/c1-15-25-13-19(28(15)2)16-4-5-17-12-26-20(11-18(17)10-16)27-22(30)21-23(6-3-7-23)14-29(21)9-8-24/h4-5,10-13,21H,3,6-9,14H2,1-2H3,(H,26,27,30). The molecule has 1 aliphatic carbocycles. The highest BCUT2D eigenvalue weighted by Gasteiger charge is 2.58. The van der Waals surface area contributed by atoms with Crippen LogP contribution in [0.25, 0.3) is 22.0 Å². The zero-order valence-electron chi connectivity index (χ0n) is 17.4. The van der Waals surface area contributed by atoms with E-state index >= 15 is 0 Å². The van der Waals surface area contributed by atoms with Gasteiger partial charge < -0.3 is 9.88 Å². The van der Waals surface area contributed by atoms with E-state index in [-0.39, 0.29) is 17.4 Å². The molecule has 5 rings (SSSR count). The number of aryl methyl sites for hydroxylation is 1. The summed E-state index contributed by atoms with van der Waals surface area (Å²) < 4.78 is 14.9. The third-order valence-corrected chi connectivity index (χ3v) is 6.92. The van der Waals surface area contributed by atoms with E-state index in [9.17, 15) is 9.18 Å². The van der Waals surface area contributed by atoms with Crippen molar-refractivity contribution < 1.29 is 9.18 Å². The molecule has 1 unspecified atom stereocenters. The molecule has 1 atom stereocenters. The van der Waals surface area contributed by atoms with Crippen LogP contribution in [-0.2, 0) is 11.8 Å². The van der Waals surface area contributed by atoms with Gasteiger partial charge in [-0.1, -0.05) is 18.6 Å². The predicted octanol–water partition coefficient (Wildman–Crippen LogP) is 3.71. The molecule has 0 radical (unpaired) electrons. The van der Waals surface area contributed by atoms with Gasteiger partial charge in [0.1, 0.15) is 18.3 Å². The summed E-state index contributed by atoms with van der Waals surface area (Å²) in [5, 5.41) is 5.00. The van der Waals surface area contributed by atoms with Crippen LogP contribution >= 0.6 is 0 Å². The average Bonchev–Trinajstić information content (AvgIpc) is 3.01. The Hall–Kier alpha value is -2.80. The lowest BCUT2D eigenvalue weighted by atomic mass is 9.58. The molecule has 2 aliphatic rings. The SMILES string of the molecule is Cc1ncc(-c2ccc3cnc(NC(=O)C4N(CCF)CC45CCC5)cc3c2)n1C. The van der Waals surface area contributed by atoms with E-state index in [1.165, 1.54) is 0 Å². The summed E-state index contributed by atoms with van der Waals surface area (Å²) in [6, 6.07) is 7.84. The molecule has 3 heterocycles. The number of hydrogen-bond donors (Lipinski definition) is 1. The Bertz CT molecular complexity index is 1120. The van der Waals surface area contributed by atoms with Crippen molar-refractivity contribution in [2.75, 3.05) is 25.1 Å². The Morgan fingerprint density at radius 1 is 1.23 bits per heavy atom. The molecule has 0 bridgehead atoms. The molecule has 1 aromatic carbocycles. The molecule has 3 aromatic rings. The lowest BCUT2D eigenvalue weighted by Crippen LogP contribution is -2.71. The number of likely N-dealkylation sites (tertiary alicyclic amines) is 1. The van der Waals surface area contributed by atoms with Gasteiger partial charge in [0.2, 0.25) is 5.91 Å². The van der Waals surface area contributed by atoms with Gasteiger partial charge in [-0.05, 0) is 37.3 Å². The quantitative estimate of drug-likeness (QED) is 0.700. The number of benzene rings is 1. The summed E-state index contributed by atoms with van der Waals surface area (Å²) in [5.74, 6) is 1.42. The fraction of sp³-hybridized carbons (Fsp3) is 0.435. The van der Waals surface area contributed by atoms with Crippen LogP contribution in [0.2, 0.25) is 0 Å². The number of rotatable bonds is 5. The second-order valence-electron chi connectivity index (χ2n) is 8.65. The minimum Gasteiger partial charge on any atom is -0.331 e. The third-order valence-electron chi connectivity index (χ3n) is 6.92. The maximum Gasteiger partial charge on any atom is 0.243 e. The van der Waals surface area contributed by atoms with Gasteiger partial charge in [-0.2, -0.15) is 0 Å². The Kier molecular flexibility index (Phi) is 4.58. The molecule has 1 saturated carbocycles. The number of alkyl halides is 1. The van der Waals surface area contributed by atoms with Crippen LogP contribution in [0.3, 0.4) is 0 Å². The van der Waals surface area contributed by atoms with Gasteiger partial charge in [0.05, 0.1) is 17.9 Å². The largest absolute Gasteiger partial charge is 0.331 e. The molecular formula is C23H26FN5O.